The number of carbonyl (C=O) groups is 1. The van der Waals surface area contributed by atoms with Crippen LogP contribution in [-0.4, -0.2) is 25.6 Å². The maximum atomic E-state index is 12.1. The fraction of sp³-hybridized carbons (Fsp3) is 0.105. The van der Waals surface area contributed by atoms with E-state index >= 15 is 0 Å². The third-order valence-corrected chi connectivity index (χ3v) is 3.94. The highest BCUT2D eigenvalue weighted by Gasteiger charge is 2.09. The summed E-state index contributed by atoms with van der Waals surface area (Å²) in [5.74, 6) is -0.283. The summed E-state index contributed by atoms with van der Waals surface area (Å²) >= 11 is 0. The zero-order chi connectivity index (χ0) is 19.2. The molecule has 1 heterocycles. The Labute approximate surface area is 155 Å². The number of carbonyl (C=O) groups excluding carboxylic acids is 1. The van der Waals surface area contributed by atoms with Crippen LogP contribution in [0.2, 0.25) is 0 Å². The van der Waals surface area contributed by atoms with Crippen molar-refractivity contribution in [3.63, 3.8) is 0 Å². The molecule has 0 radical (unpaired) electrons. The van der Waals surface area contributed by atoms with Gasteiger partial charge in [0.15, 0.2) is 0 Å². The van der Waals surface area contributed by atoms with Gasteiger partial charge in [-0.15, -0.1) is 0 Å². The van der Waals surface area contributed by atoms with Crippen LogP contribution in [0.3, 0.4) is 0 Å². The topological polar surface area (TPSA) is 103 Å². The molecule has 3 rings (SSSR count). The van der Waals surface area contributed by atoms with Gasteiger partial charge in [0.2, 0.25) is 5.91 Å². The Morgan fingerprint density at radius 2 is 2.04 bits per heavy atom. The summed E-state index contributed by atoms with van der Waals surface area (Å²) in [6.07, 6.45) is 5.98. The van der Waals surface area contributed by atoms with E-state index in [2.05, 4.69) is 15.4 Å². The van der Waals surface area contributed by atoms with Crippen LogP contribution in [0, 0.1) is 10.1 Å². The predicted octanol–water partition coefficient (Wildman–Crippen LogP) is 3.07. The summed E-state index contributed by atoms with van der Waals surface area (Å²) in [4.78, 5) is 26.3. The smallest absolute Gasteiger partial charge is 0.270 e. The van der Waals surface area contributed by atoms with Crippen molar-refractivity contribution < 1.29 is 9.72 Å². The lowest BCUT2D eigenvalue weighted by Crippen LogP contribution is -2.24. The Bertz CT molecular complexity index is 965. The van der Waals surface area contributed by atoms with Crippen molar-refractivity contribution in [2.24, 2.45) is 0 Å². The van der Waals surface area contributed by atoms with E-state index in [0.29, 0.717) is 5.56 Å². The fourth-order valence-corrected chi connectivity index (χ4v) is 2.52. The lowest BCUT2D eigenvalue weighted by atomic mass is 10.1. The van der Waals surface area contributed by atoms with E-state index in [1.54, 1.807) is 29.2 Å². The maximum absolute atomic E-state index is 12.1. The van der Waals surface area contributed by atoms with E-state index in [1.807, 2.05) is 31.2 Å². The molecule has 8 nitrogen and oxygen atoms in total. The molecular weight excluding hydrogens is 346 g/mol. The molecule has 1 N–H and O–H groups in total. The minimum Gasteiger partial charge on any atom is -0.346 e. The minimum absolute atomic E-state index is 0.0154. The van der Waals surface area contributed by atoms with Crippen LogP contribution < -0.4 is 5.32 Å². The van der Waals surface area contributed by atoms with Gasteiger partial charge in [-0.3, -0.25) is 14.9 Å². The van der Waals surface area contributed by atoms with E-state index in [9.17, 15) is 14.9 Å². The molecule has 0 aliphatic rings. The van der Waals surface area contributed by atoms with Crippen LogP contribution in [-0.2, 0) is 4.79 Å². The lowest BCUT2D eigenvalue weighted by molar-refractivity contribution is -0.384. The second-order valence-corrected chi connectivity index (χ2v) is 5.85. The summed E-state index contributed by atoms with van der Waals surface area (Å²) in [5, 5.41) is 17.7. The number of nitro groups is 1. The van der Waals surface area contributed by atoms with Crippen molar-refractivity contribution in [3.05, 3.63) is 88.5 Å². The number of rotatable bonds is 6. The molecule has 0 aliphatic heterocycles. The molecule has 0 spiro atoms. The van der Waals surface area contributed by atoms with Gasteiger partial charge in [-0.1, -0.05) is 24.3 Å². The Kier molecular flexibility index (Phi) is 5.36. The molecule has 0 fully saturated rings. The summed E-state index contributed by atoms with van der Waals surface area (Å²) in [6.45, 7) is 1.88. The molecule has 1 atom stereocenters. The molecule has 1 unspecified atom stereocenters. The SMILES string of the molecule is CC(NC(=O)/C=C/c1cccc([N+](=O)[O-])c1)c1ccc(-n2cncn2)cc1. The standard InChI is InChI=1S/C19H17N5O3/c1-14(16-6-8-17(9-7-16)23-13-20-12-21-23)22-19(25)10-5-15-3-2-4-18(11-15)24(26)27/h2-14H,1H3,(H,22,25)/b10-5+. The third-order valence-electron chi connectivity index (χ3n) is 3.94. The number of nitrogens with zero attached hydrogens (tertiary/aromatic N) is 4. The average Bonchev–Trinajstić information content (AvgIpc) is 3.21. The first-order valence-corrected chi connectivity index (χ1v) is 8.21. The Morgan fingerprint density at radius 3 is 2.70 bits per heavy atom. The molecule has 27 heavy (non-hydrogen) atoms. The van der Waals surface area contributed by atoms with Crippen molar-refractivity contribution in [2.75, 3.05) is 0 Å². The monoisotopic (exact) mass is 363 g/mol. The third kappa shape index (κ3) is 4.63. The maximum Gasteiger partial charge on any atom is 0.270 e. The minimum atomic E-state index is -0.470. The highest BCUT2D eigenvalue weighted by atomic mass is 16.6. The van der Waals surface area contributed by atoms with E-state index in [4.69, 9.17) is 0 Å². The van der Waals surface area contributed by atoms with Gasteiger partial charge in [0.25, 0.3) is 5.69 Å². The summed E-state index contributed by atoms with van der Waals surface area (Å²) < 4.78 is 1.65. The van der Waals surface area contributed by atoms with Crippen molar-refractivity contribution in [1.29, 1.82) is 0 Å². The summed E-state index contributed by atoms with van der Waals surface area (Å²) in [7, 11) is 0. The van der Waals surface area contributed by atoms with Gasteiger partial charge in [-0.25, -0.2) is 9.67 Å². The van der Waals surface area contributed by atoms with E-state index in [0.717, 1.165) is 11.3 Å². The Hall–Kier alpha value is -3.81. The van der Waals surface area contributed by atoms with Gasteiger partial charge >= 0.3 is 0 Å². The zero-order valence-electron chi connectivity index (χ0n) is 14.5. The van der Waals surface area contributed by atoms with Crippen LogP contribution in [0.15, 0.2) is 67.3 Å². The normalized spacial score (nSPS) is 12.0. The molecular formula is C19H17N5O3. The number of nitro benzene ring substituents is 1. The molecule has 8 heteroatoms. The van der Waals surface area contributed by atoms with Crippen LogP contribution in [0.5, 0.6) is 0 Å². The predicted molar refractivity (Wildman–Crippen MR) is 100 cm³/mol. The first kappa shape index (κ1) is 18.0. The summed E-state index contributed by atoms with van der Waals surface area (Å²) in [6, 6.07) is 13.5. The number of hydrogen-bond donors (Lipinski definition) is 1. The van der Waals surface area contributed by atoms with Crippen LogP contribution >= 0.6 is 0 Å². The molecule has 0 saturated heterocycles. The number of aromatic nitrogens is 3. The summed E-state index contributed by atoms with van der Waals surface area (Å²) in [5.41, 5.74) is 2.39. The quantitative estimate of drug-likeness (QED) is 0.412. The average molecular weight is 363 g/mol. The van der Waals surface area contributed by atoms with Gasteiger partial charge in [0, 0.05) is 18.2 Å². The highest BCUT2D eigenvalue weighted by molar-refractivity contribution is 5.92. The first-order chi connectivity index (χ1) is 13.0. The molecule has 0 bridgehead atoms. The number of nitrogens with one attached hydrogen (secondary N) is 1. The van der Waals surface area contributed by atoms with E-state index in [1.165, 1.54) is 24.5 Å². The molecule has 1 aromatic heterocycles. The van der Waals surface area contributed by atoms with E-state index in [-0.39, 0.29) is 17.6 Å². The zero-order valence-corrected chi connectivity index (χ0v) is 14.5. The van der Waals surface area contributed by atoms with Crippen LogP contribution in [0.4, 0.5) is 5.69 Å². The number of non-ortho nitro benzene ring substituents is 1. The lowest BCUT2D eigenvalue weighted by Gasteiger charge is -2.13. The Morgan fingerprint density at radius 1 is 1.26 bits per heavy atom. The largest absolute Gasteiger partial charge is 0.346 e. The van der Waals surface area contributed by atoms with Crippen molar-refractivity contribution >= 4 is 17.7 Å². The van der Waals surface area contributed by atoms with Crippen molar-refractivity contribution in [2.45, 2.75) is 13.0 Å². The number of benzene rings is 2. The van der Waals surface area contributed by atoms with Gasteiger partial charge in [-0.2, -0.15) is 5.10 Å². The highest BCUT2D eigenvalue weighted by Crippen LogP contribution is 2.16. The van der Waals surface area contributed by atoms with Crippen LogP contribution in [0.1, 0.15) is 24.1 Å². The molecule has 0 aliphatic carbocycles. The molecule has 0 saturated carbocycles. The molecule has 1 amide bonds. The van der Waals surface area contributed by atoms with Crippen LogP contribution in [0.25, 0.3) is 11.8 Å². The van der Waals surface area contributed by atoms with Gasteiger partial charge < -0.3 is 5.32 Å². The second kappa shape index (κ2) is 8.05. The second-order valence-electron chi connectivity index (χ2n) is 5.85. The molecule has 3 aromatic rings. The first-order valence-electron chi connectivity index (χ1n) is 8.21. The van der Waals surface area contributed by atoms with Gasteiger partial charge in [0.1, 0.15) is 12.7 Å². The number of amides is 1. The fourth-order valence-electron chi connectivity index (χ4n) is 2.52. The van der Waals surface area contributed by atoms with Crippen molar-refractivity contribution in [3.8, 4) is 5.69 Å². The number of hydrogen-bond acceptors (Lipinski definition) is 5. The molecule has 136 valence electrons. The molecule has 2 aromatic carbocycles. The Balaban J connectivity index is 1.62. The van der Waals surface area contributed by atoms with Gasteiger partial charge in [-0.05, 0) is 36.3 Å². The van der Waals surface area contributed by atoms with Gasteiger partial charge in [0.05, 0.1) is 16.7 Å². The van der Waals surface area contributed by atoms with Crippen molar-refractivity contribution in [1.82, 2.24) is 20.1 Å². The van der Waals surface area contributed by atoms with E-state index < -0.39 is 4.92 Å².